The van der Waals surface area contributed by atoms with Crippen LogP contribution in [0.2, 0.25) is 0 Å². The van der Waals surface area contributed by atoms with Gasteiger partial charge in [0.15, 0.2) is 5.82 Å². The highest BCUT2D eigenvalue weighted by atomic mass is 16.1. The van der Waals surface area contributed by atoms with Crippen molar-refractivity contribution in [3.63, 3.8) is 0 Å². The molecule has 0 spiro atoms. The minimum absolute atomic E-state index is 0.271. The highest BCUT2D eigenvalue weighted by Gasteiger charge is 2.10. The van der Waals surface area contributed by atoms with Crippen molar-refractivity contribution in [3.8, 4) is 5.82 Å². The Labute approximate surface area is 137 Å². The molecular weight excluding hydrogens is 302 g/mol. The summed E-state index contributed by atoms with van der Waals surface area (Å²) >= 11 is 0. The van der Waals surface area contributed by atoms with Crippen LogP contribution in [0, 0.1) is 0 Å². The molecule has 2 heterocycles. The lowest BCUT2D eigenvalue weighted by Gasteiger charge is -2.07. The fraction of sp³-hybridized carbons (Fsp3) is 0. The van der Waals surface area contributed by atoms with Crippen LogP contribution < -0.4 is 5.32 Å². The fourth-order valence-corrected chi connectivity index (χ4v) is 2.47. The van der Waals surface area contributed by atoms with Gasteiger partial charge < -0.3 is 5.32 Å². The summed E-state index contributed by atoms with van der Waals surface area (Å²) in [6.07, 6.45) is 2.96. The van der Waals surface area contributed by atoms with E-state index < -0.39 is 0 Å². The van der Waals surface area contributed by atoms with Crippen molar-refractivity contribution in [2.75, 3.05) is 5.32 Å². The molecule has 1 N–H and O–H groups in total. The Hall–Kier alpha value is -3.54. The number of anilines is 1. The van der Waals surface area contributed by atoms with E-state index >= 15 is 0 Å². The summed E-state index contributed by atoms with van der Waals surface area (Å²) in [5, 5.41) is 9.09. The third kappa shape index (κ3) is 2.72. The molecule has 0 aliphatic heterocycles. The lowest BCUT2D eigenvalue weighted by atomic mass is 10.1. The quantitative estimate of drug-likeness (QED) is 0.630. The minimum Gasteiger partial charge on any atom is -0.321 e. The Bertz CT molecular complexity index is 1010. The normalized spacial score (nSPS) is 10.7. The largest absolute Gasteiger partial charge is 0.321 e. The van der Waals surface area contributed by atoms with Crippen LogP contribution in [0.1, 0.15) is 10.5 Å². The maximum Gasteiger partial charge on any atom is 0.274 e. The molecule has 0 aliphatic rings. The van der Waals surface area contributed by atoms with Gasteiger partial charge in [-0.3, -0.25) is 4.79 Å². The van der Waals surface area contributed by atoms with Crippen LogP contribution in [0.3, 0.4) is 0 Å². The first-order valence-corrected chi connectivity index (χ1v) is 7.42. The van der Waals surface area contributed by atoms with E-state index in [4.69, 9.17) is 0 Å². The van der Waals surface area contributed by atoms with E-state index in [0.29, 0.717) is 11.5 Å². The molecule has 116 valence electrons. The van der Waals surface area contributed by atoms with Gasteiger partial charge in [-0.15, -0.1) is 0 Å². The SMILES string of the molecule is O=C(Nc1ccc2ccccc2c1)c1cccc(-n2cncn2)n1. The number of hydrogen-bond donors (Lipinski definition) is 1. The van der Waals surface area contributed by atoms with Gasteiger partial charge in [0.1, 0.15) is 18.3 Å². The third-order valence-electron chi connectivity index (χ3n) is 3.63. The number of aromatic nitrogens is 4. The first kappa shape index (κ1) is 14.1. The van der Waals surface area contributed by atoms with Crippen molar-refractivity contribution < 1.29 is 4.79 Å². The molecule has 0 aliphatic carbocycles. The number of nitrogens with one attached hydrogen (secondary N) is 1. The zero-order valence-corrected chi connectivity index (χ0v) is 12.6. The molecule has 0 unspecified atom stereocenters. The van der Waals surface area contributed by atoms with Crippen molar-refractivity contribution in [3.05, 3.63) is 79.0 Å². The maximum absolute atomic E-state index is 12.5. The number of nitrogens with zero attached hydrogens (tertiary/aromatic N) is 4. The molecule has 2 aromatic heterocycles. The smallest absolute Gasteiger partial charge is 0.274 e. The second-order valence-electron chi connectivity index (χ2n) is 5.24. The Morgan fingerprint density at radius 1 is 0.958 bits per heavy atom. The predicted octanol–water partition coefficient (Wildman–Crippen LogP) is 3.07. The highest BCUT2D eigenvalue weighted by molar-refractivity contribution is 6.04. The van der Waals surface area contributed by atoms with Crippen molar-refractivity contribution in [2.45, 2.75) is 0 Å². The van der Waals surface area contributed by atoms with Crippen LogP contribution >= 0.6 is 0 Å². The number of hydrogen-bond acceptors (Lipinski definition) is 4. The summed E-state index contributed by atoms with van der Waals surface area (Å²) < 4.78 is 1.51. The van der Waals surface area contributed by atoms with Gasteiger partial charge in [0.25, 0.3) is 5.91 Å². The first-order chi connectivity index (χ1) is 11.8. The molecule has 0 fully saturated rings. The van der Waals surface area contributed by atoms with Gasteiger partial charge in [-0.25, -0.2) is 14.6 Å². The van der Waals surface area contributed by atoms with Crippen LogP contribution in [-0.2, 0) is 0 Å². The Morgan fingerprint density at radius 3 is 2.67 bits per heavy atom. The molecule has 6 nitrogen and oxygen atoms in total. The summed E-state index contributed by atoms with van der Waals surface area (Å²) in [6.45, 7) is 0. The molecule has 0 saturated heterocycles. The van der Waals surface area contributed by atoms with Crippen LogP contribution in [0.4, 0.5) is 5.69 Å². The Morgan fingerprint density at radius 2 is 1.83 bits per heavy atom. The molecule has 4 aromatic rings. The van der Waals surface area contributed by atoms with Gasteiger partial charge in [0, 0.05) is 5.69 Å². The van der Waals surface area contributed by atoms with Crippen molar-refractivity contribution in [1.82, 2.24) is 19.7 Å². The van der Waals surface area contributed by atoms with E-state index in [2.05, 4.69) is 20.4 Å². The number of carbonyl (C=O) groups excluding carboxylic acids is 1. The summed E-state index contributed by atoms with van der Waals surface area (Å²) in [5.74, 6) is 0.269. The highest BCUT2D eigenvalue weighted by Crippen LogP contribution is 2.19. The van der Waals surface area contributed by atoms with Gasteiger partial charge in [-0.1, -0.05) is 36.4 Å². The summed E-state index contributed by atoms with van der Waals surface area (Å²) in [6, 6.07) is 19.0. The average molecular weight is 315 g/mol. The van der Waals surface area contributed by atoms with Crippen molar-refractivity contribution in [1.29, 1.82) is 0 Å². The Kier molecular flexibility index (Phi) is 3.47. The van der Waals surface area contributed by atoms with E-state index in [9.17, 15) is 4.79 Å². The topological polar surface area (TPSA) is 72.7 Å². The predicted molar refractivity (Wildman–Crippen MR) is 91.1 cm³/mol. The summed E-state index contributed by atoms with van der Waals surface area (Å²) in [5.41, 5.74) is 1.04. The maximum atomic E-state index is 12.5. The average Bonchev–Trinajstić information content (AvgIpc) is 3.16. The summed E-state index contributed by atoms with van der Waals surface area (Å²) in [7, 11) is 0. The van der Waals surface area contributed by atoms with Crippen LogP contribution in [-0.4, -0.2) is 25.7 Å². The van der Waals surface area contributed by atoms with Gasteiger partial charge >= 0.3 is 0 Å². The number of fused-ring (bicyclic) bond motifs is 1. The fourth-order valence-electron chi connectivity index (χ4n) is 2.47. The molecule has 0 bridgehead atoms. The lowest BCUT2D eigenvalue weighted by molar-refractivity contribution is 0.102. The second kappa shape index (κ2) is 5.92. The molecule has 0 atom stereocenters. The number of amides is 1. The van der Waals surface area contributed by atoms with E-state index in [0.717, 1.165) is 16.5 Å². The summed E-state index contributed by atoms with van der Waals surface area (Å²) in [4.78, 5) is 20.7. The zero-order chi connectivity index (χ0) is 16.4. The third-order valence-corrected chi connectivity index (χ3v) is 3.63. The molecule has 0 radical (unpaired) electrons. The lowest BCUT2D eigenvalue weighted by Crippen LogP contribution is -2.14. The number of rotatable bonds is 3. The van der Waals surface area contributed by atoms with Gasteiger partial charge in [-0.2, -0.15) is 5.10 Å². The van der Waals surface area contributed by atoms with E-state index in [1.807, 2.05) is 42.5 Å². The molecule has 24 heavy (non-hydrogen) atoms. The van der Waals surface area contributed by atoms with Gasteiger partial charge in [0.05, 0.1) is 0 Å². The second-order valence-corrected chi connectivity index (χ2v) is 5.24. The van der Waals surface area contributed by atoms with Crippen molar-refractivity contribution in [2.24, 2.45) is 0 Å². The first-order valence-electron chi connectivity index (χ1n) is 7.42. The number of carbonyl (C=O) groups is 1. The van der Waals surface area contributed by atoms with Gasteiger partial charge in [-0.05, 0) is 35.0 Å². The molecule has 4 rings (SSSR count). The van der Waals surface area contributed by atoms with Crippen LogP contribution in [0.25, 0.3) is 16.6 Å². The van der Waals surface area contributed by atoms with Crippen LogP contribution in [0.5, 0.6) is 0 Å². The number of pyridine rings is 1. The van der Waals surface area contributed by atoms with E-state index in [1.165, 1.54) is 17.3 Å². The van der Waals surface area contributed by atoms with Gasteiger partial charge in [0.2, 0.25) is 0 Å². The number of benzene rings is 2. The van der Waals surface area contributed by atoms with E-state index in [1.54, 1.807) is 18.2 Å². The van der Waals surface area contributed by atoms with E-state index in [-0.39, 0.29) is 5.91 Å². The molecule has 6 heteroatoms. The van der Waals surface area contributed by atoms with Crippen molar-refractivity contribution >= 4 is 22.4 Å². The monoisotopic (exact) mass is 315 g/mol. The molecule has 1 amide bonds. The molecular formula is C18H13N5O. The zero-order valence-electron chi connectivity index (χ0n) is 12.6. The standard InChI is InChI=1S/C18H13N5O/c24-18(16-6-3-7-17(22-16)23-12-19-11-20-23)21-15-9-8-13-4-1-2-5-14(13)10-15/h1-12H,(H,21,24). The van der Waals surface area contributed by atoms with Crippen LogP contribution in [0.15, 0.2) is 73.3 Å². The molecule has 2 aromatic carbocycles. The Balaban J connectivity index is 1.60. The minimum atomic E-state index is -0.271. The molecule has 0 saturated carbocycles.